The molecule has 1 aliphatic carbocycles. The summed E-state index contributed by atoms with van der Waals surface area (Å²) < 4.78 is 13.6. The molecule has 0 radical (unpaired) electrons. The van der Waals surface area contributed by atoms with Gasteiger partial charge in [0.05, 0.1) is 11.2 Å². The van der Waals surface area contributed by atoms with Crippen LogP contribution < -0.4 is 5.32 Å². The first-order valence-corrected chi connectivity index (χ1v) is 8.45. The molecule has 0 unspecified atom stereocenters. The van der Waals surface area contributed by atoms with Crippen molar-refractivity contribution >= 4 is 5.70 Å². The molecule has 0 bridgehead atoms. The highest BCUT2D eigenvalue weighted by Crippen LogP contribution is 2.36. The summed E-state index contributed by atoms with van der Waals surface area (Å²) in [6.45, 7) is 6.76. The number of hydrogen-bond acceptors (Lipinski definition) is 2. The predicted octanol–water partition coefficient (Wildman–Crippen LogP) is 3.95. The Morgan fingerprint density at radius 2 is 1.88 bits per heavy atom. The Hall–Kier alpha value is -2.57. The van der Waals surface area contributed by atoms with E-state index in [2.05, 4.69) is 23.7 Å². The molecule has 2 aromatic carbocycles. The van der Waals surface area contributed by atoms with Crippen molar-refractivity contribution in [3.63, 3.8) is 0 Å². The second kappa shape index (κ2) is 7.13. The van der Waals surface area contributed by atoms with E-state index in [9.17, 15) is 9.50 Å². The van der Waals surface area contributed by atoms with Gasteiger partial charge in [-0.2, -0.15) is 0 Å². The van der Waals surface area contributed by atoms with Crippen LogP contribution in [0.25, 0.3) is 5.70 Å². The first-order chi connectivity index (χ1) is 11.9. The maximum absolute atomic E-state index is 13.6. The second-order valence-electron chi connectivity index (χ2n) is 6.94. The van der Waals surface area contributed by atoms with Gasteiger partial charge >= 0.3 is 0 Å². The van der Waals surface area contributed by atoms with Crippen molar-refractivity contribution < 1.29 is 9.50 Å². The Labute approximate surface area is 148 Å². The van der Waals surface area contributed by atoms with Crippen molar-refractivity contribution in [1.29, 1.82) is 0 Å². The maximum atomic E-state index is 13.6. The predicted molar refractivity (Wildman–Crippen MR) is 99.2 cm³/mol. The fraction of sp³-hybridized carbons (Fsp3) is 0.273. The van der Waals surface area contributed by atoms with Gasteiger partial charge in [0.25, 0.3) is 0 Å². The van der Waals surface area contributed by atoms with E-state index < -0.39 is 5.60 Å². The molecule has 2 nitrogen and oxygen atoms in total. The molecule has 0 heterocycles. The Morgan fingerprint density at radius 3 is 2.52 bits per heavy atom. The average Bonchev–Trinajstić information content (AvgIpc) is 2.57. The third-order valence-corrected chi connectivity index (χ3v) is 4.51. The van der Waals surface area contributed by atoms with Crippen molar-refractivity contribution in [2.45, 2.75) is 25.4 Å². The van der Waals surface area contributed by atoms with E-state index in [1.165, 1.54) is 6.07 Å². The monoisotopic (exact) mass is 335 g/mol. The van der Waals surface area contributed by atoms with Crippen molar-refractivity contribution in [1.82, 2.24) is 5.32 Å². The largest absolute Gasteiger partial charge is 0.390 e. The average molecular weight is 335 g/mol. The highest BCUT2D eigenvalue weighted by atomic mass is 19.1. The number of benzene rings is 2. The summed E-state index contributed by atoms with van der Waals surface area (Å²) in [6, 6.07) is 14.2. The molecule has 1 aliphatic rings. The Bertz CT molecular complexity index is 819. The zero-order chi connectivity index (χ0) is 17.9. The minimum atomic E-state index is -0.494. The normalized spacial score (nSPS) is 21.6. The molecule has 1 saturated carbocycles. The van der Waals surface area contributed by atoms with Crippen LogP contribution in [0.4, 0.5) is 4.39 Å². The molecule has 0 saturated heterocycles. The molecule has 1 fully saturated rings. The van der Waals surface area contributed by atoms with Crippen LogP contribution in [0.5, 0.6) is 0 Å². The van der Waals surface area contributed by atoms with E-state index in [-0.39, 0.29) is 5.82 Å². The van der Waals surface area contributed by atoms with Crippen molar-refractivity contribution in [2.24, 2.45) is 5.92 Å². The zero-order valence-electron chi connectivity index (χ0n) is 14.3. The molecule has 0 aromatic heterocycles. The van der Waals surface area contributed by atoms with Gasteiger partial charge < -0.3 is 10.4 Å². The quantitative estimate of drug-likeness (QED) is 0.829. The molecule has 25 heavy (non-hydrogen) atoms. The lowest BCUT2D eigenvalue weighted by Gasteiger charge is -2.41. The van der Waals surface area contributed by atoms with Gasteiger partial charge in [0.1, 0.15) is 5.82 Å². The van der Waals surface area contributed by atoms with Crippen molar-refractivity contribution in [2.75, 3.05) is 6.54 Å². The van der Waals surface area contributed by atoms with E-state index in [0.29, 0.717) is 11.5 Å². The fourth-order valence-corrected chi connectivity index (χ4v) is 3.15. The fourth-order valence-electron chi connectivity index (χ4n) is 3.15. The third kappa shape index (κ3) is 4.49. The minimum absolute atomic E-state index is 0.306. The number of rotatable bonds is 4. The molecular weight excluding hydrogens is 313 g/mol. The molecule has 0 amide bonds. The van der Waals surface area contributed by atoms with Crippen LogP contribution in [0.3, 0.4) is 0 Å². The highest BCUT2D eigenvalue weighted by molar-refractivity contribution is 5.62. The van der Waals surface area contributed by atoms with E-state index in [0.717, 1.165) is 36.2 Å². The summed E-state index contributed by atoms with van der Waals surface area (Å²) in [5, 5.41) is 13.1. The van der Waals surface area contributed by atoms with Gasteiger partial charge in [-0.1, -0.05) is 42.7 Å². The SMILES string of the molecule is C=C(NCC1CC(C)(O)C1)c1ccc(C#Cc2ccccc2F)cc1. The van der Waals surface area contributed by atoms with Crippen LogP contribution in [0, 0.1) is 23.6 Å². The van der Waals surface area contributed by atoms with Gasteiger partial charge in [0, 0.05) is 17.8 Å². The summed E-state index contributed by atoms with van der Waals surface area (Å²) in [7, 11) is 0. The summed E-state index contributed by atoms with van der Waals surface area (Å²) >= 11 is 0. The Morgan fingerprint density at radius 1 is 1.20 bits per heavy atom. The molecular formula is C22H22FNO. The Kier molecular flexibility index (Phi) is 4.92. The molecule has 2 aromatic rings. The summed E-state index contributed by atoms with van der Waals surface area (Å²) in [4.78, 5) is 0. The van der Waals surface area contributed by atoms with E-state index in [1.807, 2.05) is 31.2 Å². The lowest BCUT2D eigenvalue weighted by atomic mass is 9.72. The highest BCUT2D eigenvalue weighted by Gasteiger charge is 2.37. The second-order valence-corrected chi connectivity index (χ2v) is 6.94. The molecule has 2 N–H and O–H groups in total. The topological polar surface area (TPSA) is 32.3 Å². The van der Waals surface area contributed by atoms with E-state index in [4.69, 9.17) is 0 Å². The first-order valence-electron chi connectivity index (χ1n) is 8.45. The van der Waals surface area contributed by atoms with Gasteiger partial charge in [-0.15, -0.1) is 0 Å². The van der Waals surface area contributed by atoms with Gasteiger partial charge in [-0.3, -0.25) is 0 Å². The summed E-state index contributed by atoms with van der Waals surface area (Å²) in [6.07, 6.45) is 1.66. The number of aliphatic hydroxyl groups is 1. The van der Waals surface area contributed by atoms with E-state index >= 15 is 0 Å². The molecule has 128 valence electrons. The van der Waals surface area contributed by atoms with Crippen LogP contribution in [0.1, 0.15) is 36.5 Å². The standard InChI is InChI=1S/C22H22FNO/c1-16(24-15-18-13-22(2,25)14-18)19-10-7-17(8-11-19)9-12-20-5-3-4-6-21(20)23/h3-8,10-11,18,24-25H,1,13-15H2,2H3. The van der Waals surface area contributed by atoms with Crippen molar-refractivity contribution in [3.05, 3.63) is 77.6 Å². The number of hydrogen-bond donors (Lipinski definition) is 2. The van der Waals surface area contributed by atoms with E-state index in [1.54, 1.807) is 18.2 Å². The smallest absolute Gasteiger partial charge is 0.138 e. The maximum Gasteiger partial charge on any atom is 0.138 e. The van der Waals surface area contributed by atoms with Crippen LogP contribution in [0.15, 0.2) is 55.1 Å². The van der Waals surface area contributed by atoms with Gasteiger partial charge in [-0.25, -0.2) is 4.39 Å². The lowest BCUT2D eigenvalue weighted by Crippen LogP contribution is -2.44. The molecule has 0 aliphatic heterocycles. The van der Waals surface area contributed by atoms with Crippen LogP contribution >= 0.6 is 0 Å². The number of nitrogens with one attached hydrogen (secondary N) is 1. The summed E-state index contributed by atoms with van der Waals surface area (Å²) in [5.74, 6) is 6.02. The van der Waals surface area contributed by atoms with Crippen LogP contribution in [-0.4, -0.2) is 17.3 Å². The zero-order valence-corrected chi connectivity index (χ0v) is 14.3. The Balaban J connectivity index is 1.57. The molecule has 3 rings (SSSR count). The first kappa shape index (κ1) is 17.3. The summed E-state index contributed by atoms with van der Waals surface area (Å²) in [5.41, 5.74) is 2.60. The van der Waals surface area contributed by atoms with Gasteiger partial charge in [-0.05, 0) is 55.5 Å². The molecule has 0 spiro atoms. The van der Waals surface area contributed by atoms with Crippen molar-refractivity contribution in [3.8, 4) is 11.8 Å². The minimum Gasteiger partial charge on any atom is -0.390 e. The third-order valence-electron chi connectivity index (χ3n) is 4.51. The van der Waals surface area contributed by atoms with Gasteiger partial charge in [0.15, 0.2) is 0 Å². The lowest BCUT2D eigenvalue weighted by molar-refractivity contribution is -0.0550. The molecule has 0 atom stereocenters. The van der Waals surface area contributed by atoms with Gasteiger partial charge in [0.2, 0.25) is 0 Å². The number of halogens is 1. The molecule has 3 heteroatoms. The van der Waals surface area contributed by atoms with Crippen LogP contribution in [-0.2, 0) is 0 Å². The van der Waals surface area contributed by atoms with Crippen LogP contribution in [0.2, 0.25) is 0 Å².